The van der Waals surface area contributed by atoms with Crippen LogP contribution in [-0.4, -0.2) is 18.5 Å². The Kier molecular flexibility index (Phi) is 6.06. The lowest BCUT2D eigenvalue weighted by atomic mass is 10.00. The van der Waals surface area contributed by atoms with Crippen molar-refractivity contribution >= 4 is 5.91 Å². The molecule has 1 aromatic rings. The van der Waals surface area contributed by atoms with Crippen molar-refractivity contribution in [1.29, 1.82) is 0 Å². The van der Waals surface area contributed by atoms with Crippen molar-refractivity contribution in [3.05, 3.63) is 35.9 Å². The van der Waals surface area contributed by atoms with Gasteiger partial charge in [0.25, 0.3) is 0 Å². The number of rotatable bonds is 6. The second-order valence-electron chi connectivity index (χ2n) is 5.62. The van der Waals surface area contributed by atoms with Gasteiger partial charge in [-0.3, -0.25) is 4.79 Å². The maximum atomic E-state index is 12.1. The van der Waals surface area contributed by atoms with Crippen LogP contribution in [0.25, 0.3) is 0 Å². The third-order valence-corrected chi connectivity index (χ3v) is 4.08. The zero-order valence-electron chi connectivity index (χ0n) is 12.4. The molecule has 1 fully saturated rings. The van der Waals surface area contributed by atoms with Gasteiger partial charge >= 0.3 is 0 Å². The zero-order chi connectivity index (χ0) is 14.2. The first kappa shape index (κ1) is 15.0. The molecule has 1 aliphatic heterocycles. The summed E-state index contributed by atoms with van der Waals surface area (Å²) < 4.78 is 0. The molecule has 2 atom stereocenters. The summed E-state index contributed by atoms with van der Waals surface area (Å²) in [4.78, 5) is 12.1. The summed E-state index contributed by atoms with van der Waals surface area (Å²) >= 11 is 0. The van der Waals surface area contributed by atoms with E-state index in [1.54, 1.807) is 0 Å². The van der Waals surface area contributed by atoms with Gasteiger partial charge in [0.2, 0.25) is 5.91 Å². The molecule has 0 saturated carbocycles. The van der Waals surface area contributed by atoms with E-state index in [0.717, 1.165) is 19.4 Å². The highest BCUT2D eigenvalue weighted by Crippen LogP contribution is 2.17. The molecule has 1 aliphatic rings. The first-order chi connectivity index (χ1) is 9.79. The fourth-order valence-corrected chi connectivity index (χ4v) is 2.85. The first-order valence-corrected chi connectivity index (χ1v) is 7.87. The maximum absolute atomic E-state index is 12.1. The summed E-state index contributed by atoms with van der Waals surface area (Å²) in [6, 6.07) is 10.9. The van der Waals surface area contributed by atoms with Gasteiger partial charge in [0.05, 0.1) is 6.04 Å². The largest absolute Gasteiger partial charge is 0.349 e. The van der Waals surface area contributed by atoms with Gasteiger partial charge in [0.1, 0.15) is 0 Å². The molecule has 110 valence electrons. The van der Waals surface area contributed by atoms with Gasteiger partial charge in [0, 0.05) is 12.5 Å². The Morgan fingerprint density at radius 1 is 1.35 bits per heavy atom. The van der Waals surface area contributed by atoms with Crippen molar-refractivity contribution in [3.63, 3.8) is 0 Å². The van der Waals surface area contributed by atoms with Gasteiger partial charge in [-0.05, 0) is 37.8 Å². The molecule has 2 unspecified atom stereocenters. The number of benzene rings is 1. The van der Waals surface area contributed by atoms with Gasteiger partial charge in [-0.2, -0.15) is 0 Å². The standard InChI is InChI=1S/C17H26N2O/c1-2-16(14-8-4-3-5-9-14)19-17(20)12-11-15-10-6-7-13-18-15/h3-5,8-9,15-16,18H,2,6-7,10-13H2,1H3,(H,19,20). The van der Waals surface area contributed by atoms with Gasteiger partial charge in [-0.15, -0.1) is 0 Å². The van der Waals surface area contributed by atoms with Crippen molar-refractivity contribution < 1.29 is 4.79 Å². The molecule has 3 heteroatoms. The lowest BCUT2D eigenvalue weighted by Crippen LogP contribution is -2.36. The quantitative estimate of drug-likeness (QED) is 0.836. The smallest absolute Gasteiger partial charge is 0.220 e. The van der Waals surface area contributed by atoms with E-state index in [2.05, 4.69) is 29.7 Å². The van der Waals surface area contributed by atoms with E-state index in [1.807, 2.05) is 18.2 Å². The van der Waals surface area contributed by atoms with Gasteiger partial charge in [0.15, 0.2) is 0 Å². The fourth-order valence-electron chi connectivity index (χ4n) is 2.85. The maximum Gasteiger partial charge on any atom is 0.220 e. The minimum absolute atomic E-state index is 0.142. The summed E-state index contributed by atoms with van der Waals surface area (Å²) in [5.74, 6) is 0.174. The van der Waals surface area contributed by atoms with E-state index < -0.39 is 0 Å². The second-order valence-corrected chi connectivity index (χ2v) is 5.62. The minimum atomic E-state index is 0.142. The topological polar surface area (TPSA) is 41.1 Å². The van der Waals surface area contributed by atoms with Crippen LogP contribution in [0.1, 0.15) is 57.1 Å². The van der Waals surface area contributed by atoms with E-state index in [1.165, 1.54) is 24.8 Å². The van der Waals surface area contributed by atoms with Crippen LogP contribution in [0, 0.1) is 0 Å². The molecule has 1 aromatic carbocycles. The van der Waals surface area contributed by atoms with Crippen molar-refractivity contribution in [1.82, 2.24) is 10.6 Å². The molecule has 0 radical (unpaired) electrons. The van der Waals surface area contributed by atoms with E-state index in [0.29, 0.717) is 12.5 Å². The average molecular weight is 274 g/mol. The number of carbonyl (C=O) groups is 1. The molecule has 0 spiro atoms. The predicted molar refractivity (Wildman–Crippen MR) is 82.5 cm³/mol. The lowest BCUT2D eigenvalue weighted by molar-refractivity contribution is -0.122. The number of piperidine rings is 1. The van der Waals surface area contributed by atoms with Crippen LogP contribution in [0.3, 0.4) is 0 Å². The third kappa shape index (κ3) is 4.64. The highest BCUT2D eigenvalue weighted by Gasteiger charge is 2.16. The number of carbonyl (C=O) groups excluding carboxylic acids is 1. The first-order valence-electron chi connectivity index (χ1n) is 7.87. The summed E-state index contributed by atoms with van der Waals surface area (Å²) in [6.45, 7) is 3.22. The fraction of sp³-hybridized carbons (Fsp3) is 0.588. The molecule has 2 rings (SSSR count). The normalized spacial score (nSPS) is 20.4. The Labute approximate surface area is 122 Å². The summed E-state index contributed by atoms with van der Waals surface area (Å²) in [5, 5.41) is 6.65. The molecule has 20 heavy (non-hydrogen) atoms. The van der Waals surface area contributed by atoms with E-state index in [9.17, 15) is 4.79 Å². The highest BCUT2D eigenvalue weighted by molar-refractivity contribution is 5.76. The van der Waals surface area contributed by atoms with Crippen LogP contribution in [0.4, 0.5) is 0 Å². The Morgan fingerprint density at radius 3 is 2.80 bits per heavy atom. The molecule has 0 bridgehead atoms. The highest BCUT2D eigenvalue weighted by atomic mass is 16.1. The summed E-state index contributed by atoms with van der Waals surface area (Å²) in [5.41, 5.74) is 1.19. The molecule has 1 saturated heterocycles. The van der Waals surface area contributed by atoms with Gasteiger partial charge in [-0.25, -0.2) is 0 Å². The number of hydrogen-bond acceptors (Lipinski definition) is 2. The van der Waals surface area contributed by atoms with Crippen LogP contribution in [0.15, 0.2) is 30.3 Å². The predicted octanol–water partition coefficient (Wildman–Crippen LogP) is 3.18. The average Bonchev–Trinajstić information content (AvgIpc) is 2.52. The Balaban J connectivity index is 1.77. The van der Waals surface area contributed by atoms with Crippen LogP contribution in [-0.2, 0) is 4.79 Å². The lowest BCUT2D eigenvalue weighted by Gasteiger charge is -2.23. The number of hydrogen-bond donors (Lipinski definition) is 2. The monoisotopic (exact) mass is 274 g/mol. The molecule has 1 heterocycles. The summed E-state index contributed by atoms with van der Waals surface area (Å²) in [6.07, 6.45) is 6.29. The van der Waals surface area contributed by atoms with Gasteiger partial charge < -0.3 is 10.6 Å². The molecule has 2 N–H and O–H groups in total. The molecular formula is C17H26N2O. The third-order valence-electron chi connectivity index (χ3n) is 4.08. The Morgan fingerprint density at radius 2 is 2.15 bits per heavy atom. The van der Waals surface area contributed by atoms with Crippen molar-refractivity contribution in [2.45, 2.75) is 57.5 Å². The van der Waals surface area contributed by atoms with E-state index in [4.69, 9.17) is 0 Å². The van der Waals surface area contributed by atoms with E-state index in [-0.39, 0.29) is 11.9 Å². The van der Waals surface area contributed by atoms with Crippen molar-refractivity contribution in [2.75, 3.05) is 6.54 Å². The molecule has 1 amide bonds. The summed E-state index contributed by atoms with van der Waals surface area (Å²) in [7, 11) is 0. The second kappa shape index (κ2) is 8.05. The van der Waals surface area contributed by atoms with Crippen LogP contribution >= 0.6 is 0 Å². The zero-order valence-corrected chi connectivity index (χ0v) is 12.4. The number of nitrogens with one attached hydrogen (secondary N) is 2. The SMILES string of the molecule is CCC(NC(=O)CCC1CCCCN1)c1ccccc1. The molecule has 0 aromatic heterocycles. The molecular weight excluding hydrogens is 248 g/mol. The Bertz CT molecular complexity index is 399. The van der Waals surface area contributed by atoms with E-state index >= 15 is 0 Å². The van der Waals surface area contributed by atoms with Gasteiger partial charge in [-0.1, -0.05) is 43.7 Å². The van der Waals surface area contributed by atoms with Crippen LogP contribution < -0.4 is 10.6 Å². The molecule has 0 aliphatic carbocycles. The van der Waals surface area contributed by atoms with Crippen LogP contribution in [0.5, 0.6) is 0 Å². The van der Waals surface area contributed by atoms with Crippen molar-refractivity contribution in [2.24, 2.45) is 0 Å². The minimum Gasteiger partial charge on any atom is -0.349 e. The Hall–Kier alpha value is -1.35. The molecule has 3 nitrogen and oxygen atoms in total. The van der Waals surface area contributed by atoms with Crippen molar-refractivity contribution in [3.8, 4) is 0 Å². The number of amides is 1. The van der Waals surface area contributed by atoms with Crippen LogP contribution in [0.2, 0.25) is 0 Å².